The van der Waals surface area contributed by atoms with Crippen molar-refractivity contribution in [2.45, 2.75) is 10.1 Å². The fourth-order valence-electron chi connectivity index (χ4n) is 2.46. The van der Waals surface area contributed by atoms with Crippen LogP contribution >= 0.6 is 11.8 Å². The van der Waals surface area contributed by atoms with E-state index in [1.807, 2.05) is 42.5 Å². The quantitative estimate of drug-likeness (QED) is 0.862. The van der Waals surface area contributed by atoms with Gasteiger partial charge in [0.1, 0.15) is 5.92 Å². The number of primary amides is 1. The van der Waals surface area contributed by atoms with Crippen LogP contribution in [0.2, 0.25) is 0 Å². The SMILES string of the molecule is NC(=O)C1C(=O)c2ccccc2SC1c1ccccc1. The van der Waals surface area contributed by atoms with Gasteiger partial charge in [0.05, 0.1) is 5.25 Å². The number of nitrogens with two attached hydrogens (primary N) is 1. The first-order valence-electron chi connectivity index (χ1n) is 6.32. The lowest BCUT2D eigenvalue weighted by Crippen LogP contribution is -2.36. The van der Waals surface area contributed by atoms with Crippen LogP contribution in [0.5, 0.6) is 0 Å². The molecular weight excluding hydrogens is 270 g/mol. The number of fused-ring (bicyclic) bond motifs is 1. The molecule has 0 saturated carbocycles. The molecule has 20 heavy (non-hydrogen) atoms. The van der Waals surface area contributed by atoms with E-state index in [4.69, 9.17) is 5.73 Å². The molecule has 3 nitrogen and oxygen atoms in total. The average molecular weight is 283 g/mol. The predicted molar refractivity (Wildman–Crippen MR) is 78.5 cm³/mol. The molecule has 4 heteroatoms. The van der Waals surface area contributed by atoms with Crippen LogP contribution in [-0.4, -0.2) is 11.7 Å². The Kier molecular flexibility index (Phi) is 3.32. The molecule has 0 saturated heterocycles. The van der Waals surface area contributed by atoms with Crippen molar-refractivity contribution < 1.29 is 9.59 Å². The standard InChI is InChI=1S/C16H13NO2S/c17-16(19)13-14(18)11-8-4-5-9-12(11)20-15(13)10-6-2-1-3-7-10/h1-9,13,15H,(H2,17,19). The summed E-state index contributed by atoms with van der Waals surface area (Å²) in [5, 5.41) is -0.254. The number of benzene rings is 2. The lowest BCUT2D eigenvalue weighted by atomic mass is 9.89. The van der Waals surface area contributed by atoms with Crippen molar-refractivity contribution >= 4 is 23.5 Å². The summed E-state index contributed by atoms with van der Waals surface area (Å²) >= 11 is 1.53. The van der Waals surface area contributed by atoms with Crippen LogP contribution in [0.4, 0.5) is 0 Å². The van der Waals surface area contributed by atoms with E-state index in [2.05, 4.69) is 0 Å². The molecule has 1 heterocycles. The zero-order valence-electron chi connectivity index (χ0n) is 10.7. The molecule has 2 atom stereocenters. The Balaban J connectivity index is 2.11. The molecule has 1 aliphatic rings. The number of Topliss-reactive ketones (excluding diaryl/α,β-unsaturated/α-hetero) is 1. The normalized spacial score (nSPS) is 21.3. The zero-order chi connectivity index (χ0) is 14.1. The summed E-state index contributed by atoms with van der Waals surface area (Å²) in [5.41, 5.74) is 7.01. The first-order chi connectivity index (χ1) is 9.68. The monoisotopic (exact) mass is 283 g/mol. The fraction of sp³-hybridized carbons (Fsp3) is 0.125. The van der Waals surface area contributed by atoms with Gasteiger partial charge in [0, 0.05) is 10.5 Å². The number of amides is 1. The van der Waals surface area contributed by atoms with Gasteiger partial charge >= 0.3 is 0 Å². The highest BCUT2D eigenvalue weighted by molar-refractivity contribution is 7.99. The van der Waals surface area contributed by atoms with E-state index in [9.17, 15) is 9.59 Å². The first kappa shape index (κ1) is 12.9. The van der Waals surface area contributed by atoms with Crippen molar-refractivity contribution in [3.05, 3.63) is 65.7 Å². The Morgan fingerprint density at radius 1 is 1.00 bits per heavy atom. The third-order valence-electron chi connectivity index (χ3n) is 3.43. The van der Waals surface area contributed by atoms with Crippen LogP contribution in [0.3, 0.4) is 0 Å². The van der Waals surface area contributed by atoms with E-state index in [1.54, 1.807) is 12.1 Å². The number of carbonyl (C=O) groups is 2. The molecule has 100 valence electrons. The second kappa shape index (κ2) is 5.13. The Bertz CT molecular complexity index is 669. The van der Waals surface area contributed by atoms with Crippen LogP contribution in [0.1, 0.15) is 21.2 Å². The van der Waals surface area contributed by atoms with E-state index in [-0.39, 0.29) is 11.0 Å². The van der Waals surface area contributed by atoms with Gasteiger partial charge < -0.3 is 5.73 Å². The van der Waals surface area contributed by atoms with Crippen molar-refractivity contribution in [3.8, 4) is 0 Å². The molecule has 1 aliphatic heterocycles. The van der Waals surface area contributed by atoms with Gasteiger partial charge in [-0.05, 0) is 11.6 Å². The average Bonchev–Trinajstić information content (AvgIpc) is 2.47. The van der Waals surface area contributed by atoms with Crippen LogP contribution in [0.15, 0.2) is 59.5 Å². The molecule has 2 unspecified atom stereocenters. The first-order valence-corrected chi connectivity index (χ1v) is 7.20. The molecule has 2 aromatic rings. The Morgan fingerprint density at radius 2 is 1.65 bits per heavy atom. The van der Waals surface area contributed by atoms with Crippen LogP contribution in [0, 0.1) is 5.92 Å². The summed E-state index contributed by atoms with van der Waals surface area (Å²) in [6.07, 6.45) is 0. The van der Waals surface area contributed by atoms with Crippen LogP contribution < -0.4 is 5.73 Å². The maximum Gasteiger partial charge on any atom is 0.229 e. The van der Waals surface area contributed by atoms with E-state index < -0.39 is 11.8 Å². The molecule has 3 rings (SSSR count). The van der Waals surface area contributed by atoms with Crippen molar-refractivity contribution in [1.82, 2.24) is 0 Å². The highest BCUT2D eigenvalue weighted by Gasteiger charge is 2.40. The molecule has 0 fully saturated rings. The Hall–Kier alpha value is -2.07. The van der Waals surface area contributed by atoms with Crippen molar-refractivity contribution in [2.24, 2.45) is 11.7 Å². The summed E-state index contributed by atoms with van der Waals surface area (Å²) < 4.78 is 0. The lowest BCUT2D eigenvalue weighted by Gasteiger charge is -2.29. The van der Waals surface area contributed by atoms with Crippen molar-refractivity contribution in [3.63, 3.8) is 0 Å². The van der Waals surface area contributed by atoms with Crippen molar-refractivity contribution in [1.29, 1.82) is 0 Å². The zero-order valence-corrected chi connectivity index (χ0v) is 11.5. The van der Waals surface area contributed by atoms with E-state index in [0.29, 0.717) is 5.56 Å². The van der Waals surface area contributed by atoms with Gasteiger partial charge in [0.15, 0.2) is 5.78 Å². The summed E-state index contributed by atoms with van der Waals surface area (Å²) in [6.45, 7) is 0. The second-order valence-corrected chi connectivity index (χ2v) is 5.87. The van der Waals surface area contributed by atoms with E-state index >= 15 is 0 Å². The Morgan fingerprint density at radius 3 is 2.35 bits per heavy atom. The summed E-state index contributed by atoms with van der Waals surface area (Å²) in [7, 11) is 0. The summed E-state index contributed by atoms with van der Waals surface area (Å²) in [5.74, 6) is -1.55. The minimum Gasteiger partial charge on any atom is -0.369 e. The van der Waals surface area contributed by atoms with Gasteiger partial charge in [-0.2, -0.15) is 0 Å². The molecule has 0 radical (unpaired) electrons. The van der Waals surface area contributed by atoms with Crippen molar-refractivity contribution in [2.75, 3.05) is 0 Å². The van der Waals surface area contributed by atoms with Gasteiger partial charge in [-0.25, -0.2) is 0 Å². The minimum absolute atomic E-state index is 0.180. The summed E-state index contributed by atoms with van der Waals surface area (Å²) in [4.78, 5) is 25.2. The third kappa shape index (κ3) is 2.12. The van der Waals surface area contributed by atoms with Crippen LogP contribution in [-0.2, 0) is 4.79 Å². The maximum absolute atomic E-state index is 12.5. The fourth-order valence-corrected chi connectivity index (χ4v) is 3.88. The molecule has 1 amide bonds. The van der Waals surface area contributed by atoms with E-state index in [0.717, 1.165) is 10.5 Å². The Labute approximate surface area is 121 Å². The van der Waals surface area contributed by atoms with Gasteiger partial charge in [-0.1, -0.05) is 48.5 Å². The molecular formula is C16H13NO2S. The molecule has 0 bridgehead atoms. The number of ketones is 1. The smallest absolute Gasteiger partial charge is 0.229 e. The van der Waals surface area contributed by atoms with Gasteiger partial charge in [-0.15, -0.1) is 11.8 Å². The number of hydrogen-bond donors (Lipinski definition) is 1. The largest absolute Gasteiger partial charge is 0.369 e. The number of thioether (sulfide) groups is 1. The maximum atomic E-state index is 12.5. The highest BCUT2D eigenvalue weighted by Crippen LogP contribution is 2.47. The predicted octanol–water partition coefficient (Wildman–Crippen LogP) is 2.82. The minimum atomic E-state index is -0.808. The van der Waals surface area contributed by atoms with Crippen LogP contribution in [0.25, 0.3) is 0 Å². The highest BCUT2D eigenvalue weighted by atomic mass is 32.2. The topological polar surface area (TPSA) is 60.2 Å². The molecule has 0 spiro atoms. The lowest BCUT2D eigenvalue weighted by molar-refractivity contribution is -0.120. The van der Waals surface area contributed by atoms with Gasteiger partial charge in [-0.3, -0.25) is 9.59 Å². The number of carbonyl (C=O) groups excluding carboxylic acids is 2. The molecule has 2 N–H and O–H groups in total. The second-order valence-electron chi connectivity index (χ2n) is 4.69. The van der Waals surface area contributed by atoms with Gasteiger partial charge in [0.2, 0.25) is 5.91 Å². The molecule has 2 aromatic carbocycles. The van der Waals surface area contributed by atoms with E-state index in [1.165, 1.54) is 11.8 Å². The number of hydrogen-bond acceptors (Lipinski definition) is 3. The summed E-state index contributed by atoms with van der Waals surface area (Å²) in [6, 6.07) is 16.9. The van der Waals surface area contributed by atoms with Gasteiger partial charge in [0.25, 0.3) is 0 Å². The third-order valence-corrected chi connectivity index (χ3v) is 4.83. The number of rotatable bonds is 2. The molecule has 0 aliphatic carbocycles. The molecule has 0 aromatic heterocycles.